The van der Waals surface area contributed by atoms with Gasteiger partial charge >= 0.3 is 5.97 Å². The zero-order valence-electron chi connectivity index (χ0n) is 11.5. The lowest BCUT2D eigenvalue weighted by atomic mass is 9.96. The largest absolute Gasteiger partial charge is 0.463 e. The molecule has 112 valence electrons. The summed E-state index contributed by atoms with van der Waals surface area (Å²) < 4.78 is 18.8. The van der Waals surface area contributed by atoms with Crippen molar-refractivity contribution in [2.45, 2.75) is 19.9 Å². The first-order valence-electron chi connectivity index (χ1n) is 6.34. The minimum atomic E-state index is -0.477. The van der Waals surface area contributed by atoms with Gasteiger partial charge in [0.1, 0.15) is 5.82 Å². The van der Waals surface area contributed by atoms with Crippen LogP contribution in [0.2, 0.25) is 0 Å². The first-order chi connectivity index (χ1) is 9.93. The molecule has 1 aromatic rings. The number of nitrogens with one attached hydrogen (secondary N) is 2. The highest BCUT2D eigenvalue weighted by Gasteiger charge is 2.31. The Hall–Kier alpha value is -1.47. The first-order valence-corrected chi connectivity index (χ1v) is 7.54. The Morgan fingerprint density at radius 3 is 2.86 bits per heavy atom. The molecule has 0 saturated heterocycles. The average molecular weight is 373 g/mol. The van der Waals surface area contributed by atoms with E-state index in [-0.39, 0.29) is 12.4 Å². The van der Waals surface area contributed by atoms with Gasteiger partial charge in [-0.25, -0.2) is 9.18 Å². The van der Waals surface area contributed by atoms with Crippen molar-refractivity contribution >= 4 is 39.2 Å². The number of benzene rings is 1. The number of hydrogen-bond acceptors (Lipinski definition) is 3. The second-order valence-electron chi connectivity index (χ2n) is 4.46. The zero-order valence-corrected chi connectivity index (χ0v) is 13.9. The quantitative estimate of drug-likeness (QED) is 0.630. The van der Waals surface area contributed by atoms with E-state index in [1.807, 2.05) is 0 Å². The molecule has 1 aliphatic rings. The molecule has 21 heavy (non-hydrogen) atoms. The van der Waals surface area contributed by atoms with E-state index in [9.17, 15) is 9.18 Å². The normalized spacial score (nSPS) is 18.1. The summed E-state index contributed by atoms with van der Waals surface area (Å²) in [6.45, 7) is 3.77. The molecule has 2 rings (SSSR count). The molecular formula is C14H14BrFN2O2S. The Labute approximate surface area is 135 Å². The minimum Gasteiger partial charge on any atom is -0.463 e. The average Bonchev–Trinajstić information content (AvgIpc) is 2.41. The number of allylic oxidation sites excluding steroid dienone is 1. The number of thiocarbonyl (C=S) groups is 1. The number of rotatable bonds is 3. The van der Waals surface area contributed by atoms with E-state index in [1.54, 1.807) is 26.0 Å². The van der Waals surface area contributed by atoms with E-state index in [0.717, 1.165) is 5.56 Å². The van der Waals surface area contributed by atoms with Crippen LogP contribution in [0.25, 0.3) is 0 Å². The molecule has 0 aliphatic carbocycles. The Balaban J connectivity index is 2.46. The highest BCUT2D eigenvalue weighted by atomic mass is 79.9. The van der Waals surface area contributed by atoms with E-state index in [0.29, 0.717) is 20.9 Å². The van der Waals surface area contributed by atoms with Crippen LogP contribution in [0.1, 0.15) is 25.5 Å². The summed E-state index contributed by atoms with van der Waals surface area (Å²) in [7, 11) is 0. The van der Waals surface area contributed by atoms with E-state index in [2.05, 4.69) is 26.6 Å². The number of esters is 1. The number of hydrogen-bond donors (Lipinski definition) is 2. The van der Waals surface area contributed by atoms with E-state index < -0.39 is 12.0 Å². The molecule has 0 aromatic heterocycles. The number of carbonyl (C=O) groups excluding carboxylic acids is 1. The van der Waals surface area contributed by atoms with Gasteiger partial charge in [0, 0.05) is 5.70 Å². The van der Waals surface area contributed by atoms with Crippen LogP contribution in [-0.4, -0.2) is 17.7 Å². The molecule has 7 heteroatoms. The second-order valence-corrected chi connectivity index (χ2v) is 5.73. The summed E-state index contributed by atoms with van der Waals surface area (Å²) in [5, 5.41) is 6.33. The maximum atomic E-state index is 13.4. The number of ether oxygens (including phenoxy) is 1. The van der Waals surface area contributed by atoms with Gasteiger partial charge in [0.2, 0.25) is 0 Å². The van der Waals surface area contributed by atoms with Crippen molar-refractivity contribution in [2.24, 2.45) is 0 Å². The summed E-state index contributed by atoms with van der Waals surface area (Å²) in [4.78, 5) is 12.2. The molecule has 0 saturated carbocycles. The zero-order chi connectivity index (χ0) is 15.6. The van der Waals surface area contributed by atoms with Crippen LogP contribution >= 0.6 is 28.1 Å². The fourth-order valence-electron chi connectivity index (χ4n) is 2.12. The summed E-state index contributed by atoms with van der Waals surface area (Å²) in [6, 6.07) is 4.09. The van der Waals surface area contributed by atoms with Gasteiger partial charge in [-0.3, -0.25) is 0 Å². The number of carbonyl (C=O) groups is 1. The molecule has 1 aliphatic heterocycles. The van der Waals surface area contributed by atoms with Gasteiger partial charge in [0.15, 0.2) is 5.11 Å². The predicted molar refractivity (Wildman–Crippen MR) is 85.0 cm³/mol. The molecule has 0 bridgehead atoms. The second kappa shape index (κ2) is 6.53. The monoisotopic (exact) mass is 372 g/mol. The smallest absolute Gasteiger partial charge is 0.338 e. The lowest BCUT2D eigenvalue weighted by Gasteiger charge is -2.29. The lowest BCUT2D eigenvalue weighted by Crippen LogP contribution is -2.45. The fourth-order valence-corrected chi connectivity index (χ4v) is 2.78. The van der Waals surface area contributed by atoms with Crippen molar-refractivity contribution in [1.82, 2.24) is 10.6 Å². The Bertz CT molecular complexity index is 633. The highest BCUT2D eigenvalue weighted by Crippen LogP contribution is 2.30. The van der Waals surface area contributed by atoms with Crippen molar-refractivity contribution in [3.8, 4) is 0 Å². The van der Waals surface area contributed by atoms with E-state index >= 15 is 0 Å². The molecule has 1 atom stereocenters. The van der Waals surface area contributed by atoms with Crippen LogP contribution < -0.4 is 10.6 Å². The molecule has 1 heterocycles. The topological polar surface area (TPSA) is 50.4 Å². The summed E-state index contributed by atoms with van der Waals surface area (Å²) >= 11 is 8.28. The number of halogens is 2. The van der Waals surface area contributed by atoms with Gasteiger partial charge in [-0.15, -0.1) is 0 Å². The fraction of sp³-hybridized carbons (Fsp3) is 0.286. The molecule has 1 aromatic carbocycles. The van der Waals surface area contributed by atoms with Crippen LogP contribution in [0, 0.1) is 5.82 Å². The Morgan fingerprint density at radius 2 is 2.24 bits per heavy atom. The molecule has 2 N–H and O–H groups in total. The van der Waals surface area contributed by atoms with Crippen LogP contribution in [-0.2, 0) is 9.53 Å². The molecule has 0 amide bonds. The molecule has 1 unspecified atom stereocenters. The summed E-state index contributed by atoms with van der Waals surface area (Å²) in [5.74, 6) is -0.795. The van der Waals surface area contributed by atoms with Crippen LogP contribution in [0.4, 0.5) is 4.39 Å². The van der Waals surface area contributed by atoms with Gasteiger partial charge in [0.25, 0.3) is 0 Å². The van der Waals surface area contributed by atoms with E-state index in [1.165, 1.54) is 6.07 Å². The molecular weight excluding hydrogens is 359 g/mol. The van der Waals surface area contributed by atoms with Gasteiger partial charge in [-0.05, 0) is 59.7 Å². The molecule has 0 radical (unpaired) electrons. The van der Waals surface area contributed by atoms with Crippen molar-refractivity contribution in [1.29, 1.82) is 0 Å². The van der Waals surface area contributed by atoms with Gasteiger partial charge in [0.05, 0.1) is 22.7 Å². The third-order valence-electron chi connectivity index (χ3n) is 3.04. The van der Waals surface area contributed by atoms with Gasteiger partial charge < -0.3 is 15.4 Å². The molecule has 0 spiro atoms. The van der Waals surface area contributed by atoms with Crippen molar-refractivity contribution in [2.75, 3.05) is 6.61 Å². The lowest BCUT2D eigenvalue weighted by molar-refractivity contribution is -0.139. The third-order valence-corrected chi connectivity index (χ3v) is 3.87. The maximum Gasteiger partial charge on any atom is 0.338 e. The standard InChI is InChI=1S/C14H14BrFN2O2S/c1-3-20-13(19)11-7(2)17-14(21)18-12(11)8-4-5-10(16)9(15)6-8/h4-6,12H,3H2,1-2H3,(H2,17,18,21). The highest BCUT2D eigenvalue weighted by molar-refractivity contribution is 9.10. The Kier molecular flexibility index (Phi) is 4.95. The van der Waals surface area contributed by atoms with E-state index in [4.69, 9.17) is 17.0 Å². The maximum absolute atomic E-state index is 13.4. The Morgan fingerprint density at radius 1 is 1.52 bits per heavy atom. The van der Waals surface area contributed by atoms with Gasteiger partial charge in [-0.1, -0.05) is 6.07 Å². The molecule has 0 fully saturated rings. The minimum absolute atomic E-state index is 0.278. The molecule has 4 nitrogen and oxygen atoms in total. The van der Waals surface area contributed by atoms with Gasteiger partial charge in [-0.2, -0.15) is 0 Å². The summed E-state index contributed by atoms with van der Waals surface area (Å²) in [5.41, 5.74) is 1.78. The predicted octanol–water partition coefficient (Wildman–Crippen LogP) is 2.94. The summed E-state index contributed by atoms with van der Waals surface area (Å²) in [6.07, 6.45) is 0. The van der Waals surface area contributed by atoms with Crippen molar-refractivity contribution < 1.29 is 13.9 Å². The van der Waals surface area contributed by atoms with Crippen LogP contribution in [0.15, 0.2) is 33.9 Å². The van der Waals surface area contributed by atoms with Crippen LogP contribution in [0.3, 0.4) is 0 Å². The first kappa shape index (κ1) is 15.9. The third kappa shape index (κ3) is 3.41. The van der Waals surface area contributed by atoms with Crippen LogP contribution in [0.5, 0.6) is 0 Å². The van der Waals surface area contributed by atoms with Crippen molar-refractivity contribution in [3.05, 3.63) is 45.3 Å². The SMILES string of the molecule is CCOC(=O)C1=C(C)NC(=S)NC1c1ccc(F)c(Br)c1. The van der Waals surface area contributed by atoms with Crippen molar-refractivity contribution in [3.63, 3.8) is 0 Å².